The smallest absolute Gasteiger partial charge is 0.287 e. The molecule has 0 aliphatic carbocycles. The summed E-state index contributed by atoms with van der Waals surface area (Å²) in [4.78, 5) is 20.7. The molecule has 3 rings (SSSR count). The van der Waals surface area contributed by atoms with Crippen molar-refractivity contribution in [1.29, 1.82) is 0 Å². The number of carbonyl (C=O) groups is 1. The van der Waals surface area contributed by atoms with Crippen molar-refractivity contribution in [2.45, 2.75) is 32.9 Å². The second-order valence-electron chi connectivity index (χ2n) is 6.10. The lowest BCUT2D eigenvalue weighted by atomic mass is 10.1. The van der Waals surface area contributed by atoms with Crippen LogP contribution >= 0.6 is 0 Å². The third-order valence-electron chi connectivity index (χ3n) is 3.81. The van der Waals surface area contributed by atoms with Crippen LogP contribution in [-0.4, -0.2) is 21.9 Å². The highest BCUT2D eigenvalue weighted by molar-refractivity contribution is 5.93. The first kappa shape index (κ1) is 17.7. The maximum absolute atomic E-state index is 12.5. The van der Waals surface area contributed by atoms with Gasteiger partial charge < -0.3 is 14.5 Å². The van der Waals surface area contributed by atoms with Crippen molar-refractivity contribution in [2.75, 3.05) is 0 Å². The fourth-order valence-electron chi connectivity index (χ4n) is 2.61. The SMILES string of the molecule is Cc1cc(COc2ccccc2)oc1C(=O)N[C@@H](C)Cc1cnccn1. The number of para-hydroxylation sites is 1. The van der Waals surface area contributed by atoms with Crippen LogP contribution in [0.15, 0.2) is 59.4 Å². The Kier molecular flexibility index (Phi) is 5.63. The molecule has 134 valence electrons. The van der Waals surface area contributed by atoms with Crippen molar-refractivity contribution < 1.29 is 13.9 Å². The fourth-order valence-corrected chi connectivity index (χ4v) is 2.61. The molecule has 2 aromatic heterocycles. The second-order valence-corrected chi connectivity index (χ2v) is 6.10. The summed E-state index contributed by atoms with van der Waals surface area (Å²) < 4.78 is 11.3. The number of aromatic nitrogens is 2. The third-order valence-corrected chi connectivity index (χ3v) is 3.81. The van der Waals surface area contributed by atoms with Crippen LogP contribution in [0, 0.1) is 6.92 Å². The van der Waals surface area contributed by atoms with E-state index in [-0.39, 0.29) is 18.6 Å². The molecular weight excluding hydrogens is 330 g/mol. The zero-order chi connectivity index (χ0) is 18.4. The van der Waals surface area contributed by atoms with Gasteiger partial charge in [-0.1, -0.05) is 18.2 Å². The van der Waals surface area contributed by atoms with Crippen LogP contribution in [0.3, 0.4) is 0 Å². The van der Waals surface area contributed by atoms with Crippen molar-refractivity contribution in [3.8, 4) is 5.75 Å². The molecular formula is C20H21N3O3. The molecule has 1 aromatic carbocycles. The first-order chi connectivity index (χ1) is 12.6. The van der Waals surface area contributed by atoms with E-state index in [9.17, 15) is 4.79 Å². The summed E-state index contributed by atoms with van der Waals surface area (Å²) in [7, 11) is 0. The number of hydrogen-bond acceptors (Lipinski definition) is 5. The third kappa shape index (κ3) is 4.69. The van der Waals surface area contributed by atoms with Crippen LogP contribution in [0.1, 0.15) is 34.5 Å². The van der Waals surface area contributed by atoms with E-state index in [0.717, 1.165) is 17.0 Å². The maximum Gasteiger partial charge on any atom is 0.287 e. The highest BCUT2D eigenvalue weighted by atomic mass is 16.5. The monoisotopic (exact) mass is 351 g/mol. The molecule has 0 bridgehead atoms. The largest absolute Gasteiger partial charge is 0.486 e. The predicted octanol–water partition coefficient (Wildman–Crippen LogP) is 3.32. The molecule has 6 nitrogen and oxygen atoms in total. The number of carbonyl (C=O) groups excluding carboxylic acids is 1. The molecule has 0 aliphatic heterocycles. The summed E-state index contributed by atoms with van der Waals surface area (Å²) in [5.41, 5.74) is 1.61. The van der Waals surface area contributed by atoms with Gasteiger partial charge in [-0.3, -0.25) is 14.8 Å². The lowest BCUT2D eigenvalue weighted by Gasteiger charge is -2.12. The van der Waals surface area contributed by atoms with Crippen molar-refractivity contribution in [3.05, 3.63) is 77.8 Å². The van der Waals surface area contributed by atoms with Crippen LogP contribution in [0.4, 0.5) is 0 Å². The predicted molar refractivity (Wildman–Crippen MR) is 96.9 cm³/mol. The molecule has 0 radical (unpaired) electrons. The number of ether oxygens (including phenoxy) is 1. The van der Waals surface area contributed by atoms with Crippen molar-refractivity contribution in [1.82, 2.24) is 15.3 Å². The maximum atomic E-state index is 12.5. The molecule has 1 N–H and O–H groups in total. The van der Waals surface area contributed by atoms with Gasteiger partial charge in [0.2, 0.25) is 0 Å². The van der Waals surface area contributed by atoms with Gasteiger partial charge in [-0.05, 0) is 32.0 Å². The number of aryl methyl sites for hydroxylation is 1. The Labute approximate surface area is 152 Å². The molecule has 26 heavy (non-hydrogen) atoms. The Morgan fingerprint density at radius 2 is 2.08 bits per heavy atom. The Hall–Kier alpha value is -3.15. The van der Waals surface area contributed by atoms with Gasteiger partial charge in [-0.2, -0.15) is 0 Å². The molecule has 6 heteroatoms. The molecule has 0 fully saturated rings. The van der Waals surface area contributed by atoms with Gasteiger partial charge in [0.1, 0.15) is 18.1 Å². The number of benzene rings is 1. The zero-order valence-corrected chi connectivity index (χ0v) is 14.8. The molecule has 2 heterocycles. The quantitative estimate of drug-likeness (QED) is 0.706. The van der Waals surface area contributed by atoms with E-state index in [0.29, 0.717) is 17.9 Å². The average Bonchev–Trinajstić information content (AvgIpc) is 3.02. The molecule has 1 atom stereocenters. The van der Waals surface area contributed by atoms with Gasteiger partial charge in [0.05, 0.1) is 5.69 Å². The van der Waals surface area contributed by atoms with Crippen LogP contribution in [-0.2, 0) is 13.0 Å². The van der Waals surface area contributed by atoms with E-state index in [1.165, 1.54) is 0 Å². The lowest BCUT2D eigenvalue weighted by molar-refractivity contribution is 0.0907. The van der Waals surface area contributed by atoms with E-state index >= 15 is 0 Å². The number of furan rings is 1. The minimum Gasteiger partial charge on any atom is -0.486 e. The van der Waals surface area contributed by atoms with E-state index in [1.807, 2.05) is 50.2 Å². The number of nitrogens with zero attached hydrogens (tertiary/aromatic N) is 2. The summed E-state index contributed by atoms with van der Waals surface area (Å²) in [5.74, 6) is 1.43. The standard InChI is InChI=1S/C20H21N3O3/c1-14-10-18(13-25-17-6-4-3-5-7-17)26-19(14)20(24)23-15(2)11-16-12-21-8-9-22-16/h3-10,12,15H,11,13H2,1-2H3,(H,23,24)/t15-/m0/s1. The number of hydrogen-bond donors (Lipinski definition) is 1. The molecule has 0 saturated heterocycles. The Bertz CT molecular complexity index is 847. The summed E-state index contributed by atoms with van der Waals surface area (Å²) in [5, 5.41) is 2.93. The van der Waals surface area contributed by atoms with E-state index in [2.05, 4.69) is 15.3 Å². The summed E-state index contributed by atoms with van der Waals surface area (Å²) in [6.45, 7) is 4.04. The van der Waals surface area contributed by atoms with Gasteiger partial charge in [0.15, 0.2) is 5.76 Å². The molecule has 0 aliphatic rings. The molecule has 0 saturated carbocycles. The molecule has 0 spiro atoms. The first-order valence-corrected chi connectivity index (χ1v) is 8.44. The van der Waals surface area contributed by atoms with Gasteiger partial charge in [-0.15, -0.1) is 0 Å². The average molecular weight is 351 g/mol. The van der Waals surface area contributed by atoms with Crippen LogP contribution < -0.4 is 10.1 Å². The van der Waals surface area contributed by atoms with Crippen molar-refractivity contribution in [2.24, 2.45) is 0 Å². The fraction of sp³-hybridized carbons (Fsp3) is 0.250. The number of rotatable bonds is 7. The lowest BCUT2D eigenvalue weighted by Crippen LogP contribution is -2.34. The topological polar surface area (TPSA) is 77.2 Å². The van der Waals surface area contributed by atoms with Gasteiger partial charge in [-0.25, -0.2) is 0 Å². The Morgan fingerprint density at radius 1 is 1.27 bits per heavy atom. The molecule has 1 amide bonds. The van der Waals surface area contributed by atoms with Crippen molar-refractivity contribution in [3.63, 3.8) is 0 Å². The Morgan fingerprint density at radius 3 is 2.81 bits per heavy atom. The first-order valence-electron chi connectivity index (χ1n) is 8.44. The van der Waals surface area contributed by atoms with Gasteiger partial charge in [0.25, 0.3) is 5.91 Å². The van der Waals surface area contributed by atoms with E-state index in [4.69, 9.17) is 9.15 Å². The second kappa shape index (κ2) is 8.29. The minimum atomic E-state index is -0.246. The normalized spacial score (nSPS) is 11.8. The van der Waals surface area contributed by atoms with Gasteiger partial charge in [0, 0.05) is 36.6 Å². The van der Waals surface area contributed by atoms with E-state index in [1.54, 1.807) is 18.6 Å². The summed E-state index contributed by atoms with van der Waals surface area (Å²) >= 11 is 0. The van der Waals surface area contributed by atoms with Gasteiger partial charge >= 0.3 is 0 Å². The van der Waals surface area contributed by atoms with Crippen LogP contribution in [0.2, 0.25) is 0 Å². The van der Waals surface area contributed by atoms with Crippen molar-refractivity contribution >= 4 is 5.91 Å². The highest BCUT2D eigenvalue weighted by Crippen LogP contribution is 2.18. The molecule has 0 unspecified atom stereocenters. The van der Waals surface area contributed by atoms with E-state index < -0.39 is 0 Å². The zero-order valence-electron chi connectivity index (χ0n) is 14.8. The van der Waals surface area contributed by atoms with Crippen LogP contribution in [0.5, 0.6) is 5.75 Å². The molecule has 3 aromatic rings. The Balaban J connectivity index is 1.58. The van der Waals surface area contributed by atoms with Crippen LogP contribution in [0.25, 0.3) is 0 Å². The summed E-state index contributed by atoms with van der Waals surface area (Å²) in [6.07, 6.45) is 5.56. The summed E-state index contributed by atoms with van der Waals surface area (Å²) in [6, 6.07) is 11.2. The number of amides is 1. The highest BCUT2D eigenvalue weighted by Gasteiger charge is 2.18. The minimum absolute atomic E-state index is 0.0901. The number of nitrogens with one attached hydrogen (secondary N) is 1.